The maximum atomic E-state index is 13.8. The lowest BCUT2D eigenvalue weighted by Gasteiger charge is -2.32. The molecule has 38 heavy (non-hydrogen) atoms. The van der Waals surface area contributed by atoms with Crippen LogP contribution in [0.1, 0.15) is 89.2 Å². The molecule has 1 saturated carbocycles. The van der Waals surface area contributed by atoms with Gasteiger partial charge < -0.3 is 18.8 Å². The van der Waals surface area contributed by atoms with E-state index in [4.69, 9.17) is 9.05 Å². The Bertz CT molecular complexity index is 1220. The second-order valence-corrected chi connectivity index (χ2v) is 11.9. The van der Waals surface area contributed by atoms with Crippen molar-refractivity contribution in [2.45, 2.75) is 83.5 Å². The molecule has 0 radical (unpaired) electrons. The van der Waals surface area contributed by atoms with Crippen molar-refractivity contribution >= 4 is 11.6 Å². The summed E-state index contributed by atoms with van der Waals surface area (Å²) in [6.07, 6.45) is 7.65. The average molecular weight is 521 g/mol. The number of benzene rings is 1. The Hall–Kier alpha value is -3.07. The van der Waals surface area contributed by atoms with E-state index in [0.29, 0.717) is 24.2 Å². The van der Waals surface area contributed by atoms with Crippen molar-refractivity contribution in [3.63, 3.8) is 0 Å². The van der Waals surface area contributed by atoms with E-state index in [9.17, 15) is 4.79 Å². The highest BCUT2D eigenvalue weighted by Gasteiger charge is 2.30. The van der Waals surface area contributed by atoms with Crippen molar-refractivity contribution in [2.24, 2.45) is 5.92 Å². The molecule has 1 aliphatic carbocycles. The molecule has 1 aromatic carbocycles. The van der Waals surface area contributed by atoms with E-state index in [1.54, 1.807) is 0 Å². The molecule has 9 nitrogen and oxygen atoms in total. The van der Waals surface area contributed by atoms with Gasteiger partial charge in [0.2, 0.25) is 11.8 Å². The van der Waals surface area contributed by atoms with Gasteiger partial charge in [-0.3, -0.25) is 4.79 Å². The van der Waals surface area contributed by atoms with Crippen molar-refractivity contribution in [1.29, 1.82) is 0 Å². The minimum atomic E-state index is -0.144. The second-order valence-electron chi connectivity index (χ2n) is 11.9. The van der Waals surface area contributed by atoms with Gasteiger partial charge in [0, 0.05) is 41.5 Å². The summed E-state index contributed by atoms with van der Waals surface area (Å²) in [5.41, 5.74) is 1.61. The highest BCUT2D eigenvalue weighted by atomic mass is 16.5. The Kier molecular flexibility index (Phi) is 7.93. The standard InChI is InChI=1S/C29H40N6O3/c1-29(2,3)28-30-24(32-38-28)11-6-5-7-16-35(27(36)21-14-17-34(4)18-15-21)23-10-8-9-22(19-23)26-31-25(33-37-26)20-12-13-20/h8-10,19-21H,5-7,11-18H2,1-4H3. The number of anilines is 1. The van der Waals surface area contributed by atoms with Crippen LogP contribution in [-0.2, 0) is 16.6 Å². The summed E-state index contributed by atoms with van der Waals surface area (Å²) in [7, 11) is 2.12. The fourth-order valence-corrected chi connectivity index (χ4v) is 4.90. The van der Waals surface area contributed by atoms with Crippen LogP contribution in [0.4, 0.5) is 5.69 Å². The minimum Gasteiger partial charge on any atom is -0.339 e. The van der Waals surface area contributed by atoms with Crippen LogP contribution in [0.3, 0.4) is 0 Å². The molecule has 0 atom stereocenters. The van der Waals surface area contributed by atoms with Crippen LogP contribution in [0.15, 0.2) is 33.3 Å². The molecule has 2 aromatic heterocycles. The van der Waals surface area contributed by atoms with E-state index in [0.717, 1.165) is 87.4 Å². The van der Waals surface area contributed by atoms with Gasteiger partial charge in [0.1, 0.15) is 0 Å². The SMILES string of the molecule is CN1CCC(C(=O)N(CCCCCc2noc(C(C)(C)C)n2)c2cccc(-c3nc(C4CC4)no3)c2)CC1. The van der Waals surface area contributed by atoms with Gasteiger partial charge in [0.05, 0.1) is 0 Å². The molecule has 204 valence electrons. The zero-order valence-corrected chi connectivity index (χ0v) is 23.2. The maximum absolute atomic E-state index is 13.8. The van der Waals surface area contributed by atoms with Gasteiger partial charge in [0.25, 0.3) is 5.89 Å². The second kappa shape index (κ2) is 11.4. The summed E-state index contributed by atoms with van der Waals surface area (Å²) in [6, 6.07) is 7.98. The molecule has 0 bridgehead atoms. The smallest absolute Gasteiger partial charge is 0.258 e. The molecular weight excluding hydrogens is 480 g/mol. The van der Waals surface area contributed by atoms with E-state index in [1.807, 2.05) is 29.2 Å². The van der Waals surface area contributed by atoms with E-state index in [2.05, 4.69) is 53.0 Å². The highest BCUT2D eigenvalue weighted by molar-refractivity contribution is 5.95. The number of amides is 1. The van der Waals surface area contributed by atoms with Gasteiger partial charge >= 0.3 is 0 Å². The Morgan fingerprint density at radius 1 is 1.03 bits per heavy atom. The maximum Gasteiger partial charge on any atom is 0.258 e. The van der Waals surface area contributed by atoms with Gasteiger partial charge in [-0.15, -0.1) is 0 Å². The van der Waals surface area contributed by atoms with E-state index in [-0.39, 0.29) is 17.2 Å². The lowest BCUT2D eigenvalue weighted by atomic mass is 9.95. The monoisotopic (exact) mass is 520 g/mol. The first-order valence-corrected chi connectivity index (χ1v) is 14.0. The number of hydrogen-bond donors (Lipinski definition) is 0. The number of hydrogen-bond acceptors (Lipinski definition) is 8. The van der Waals surface area contributed by atoms with Crippen LogP contribution in [-0.4, -0.2) is 57.8 Å². The van der Waals surface area contributed by atoms with Crippen LogP contribution in [0.5, 0.6) is 0 Å². The molecular formula is C29H40N6O3. The fourth-order valence-electron chi connectivity index (χ4n) is 4.90. The molecule has 5 rings (SSSR count). The molecule has 1 aliphatic heterocycles. The summed E-state index contributed by atoms with van der Waals surface area (Å²) in [4.78, 5) is 27.2. The summed E-state index contributed by atoms with van der Waals surface area (Å²) in [5.74, 6) is 3.45. The fraction of sp³-hybridized carbons (Fsp3) is 0.621. The topological polar surface area (TPSA) is 101 Å². The Morgan fingerprint density at radius 3 is 2.53 bits per heavy atom. The Morgan fingerprint density at radius 2 is 1.82 bits per heavy atom. The number of unbranched alkanes of at least 4 members (excludes halogenated alkanes) is 2. The molecule has 1 saturated heterocycles. The summed E-state index contributed by atoms with van der Waals surface area (Å²) < 4.78 is 11.0. The number of rotatable bonds is 10. The first-order valence-electron chi connectivity index (χ1n) is 14.0. The molecule has 3 aromatic rings. The molecule has 2 aliphatic rings. The Balaban J connectivity index is 1.24. The number of piperidine rings is 1. The summed E-state index contributed by atoms with van der Waals surface area (Å²) in [5, 5.41) is 8.31. The van der Waals surface area contributed by atoms with Gasteiger partial charge in [-0.1, -0.05) is 43.6 Å². The molecule has 0 spiro atoms. The first kappa shape index (κ1) is 26.5. The number of likely N-dealkylation sites (tertiary alicyclic amines) is 1. The van der Waals surface area contributed by atoms with Gasteiger partial charge in [-0.05, 0) is 76.9 Å². The van der Waals surface area contributed by atoms with Crippen LogP contribution in [0.25, 0.3) is 11.5 Å². The molecule has 1 amide bonds. The van der Waals surface area contributed by atoms with Crippen molar-refractivity contribution in [1.82, 2.24) is 25.2 Å². The lowest BCUT2D eigenvalue weighted by molar-refractivity contribution is -0.123. The first-order chi connectivity index (χ1) is 18.3. The molecule has 0 N–H and O–H groups in total. The Labute approximate surface area is 225 Å². The predicted molar refractivity (Wildman–Crippen MR) is 145 cm³/mol. The van der Waals surface area contributed by atoms with E-state index in [1.165, 1.54) is 0 Å². The van der Waals surface area contributed by atoms with Crippen LogP contribution in [0.2, 0.25) is 0 Å². The van der Waals surface area contributed by atoms with Gasteiger partial charge in [-0.25, -0.2) is 0 Å². The quantitative estimate of drug-likeness (QED) is 0.328. The summed E-state index contributed by atoms with van der Waals surface area (Å²) in [6.45, 7) is 8.79. The van der Waals surface area contributed by atoms with Crippen molar-refractivity contribution in [3.8, 4) is 11.5 Å². The molecule has 3 heterocycles. The third-order valence-electron chi connectivity index (χ3n) is 7.51. The van der Waals surface area contributed by atoms with Crippen molar-refractivity contribution < 1.29 is 13.8 Å². The van der Waals surface area contributed by atoms with Crippen LogP contribution in [0, 0.1) is 5.92 Å². The lowest BCUT2D eigenvalue weighted by Crippen LogP contribution is -2.42. The van der Waals surface area contributed by atoms with Crippen molar-refractivity contribution in [2.75, 3.05) is 31.6 Å². The molecule has 9 heteroatoms. The van der Waals surface area contributed by atoms with Crippen molar-refractivity contribution in [3.05, 3.63) is 41.8 Å². The number of carbonyl (C=O) groups is 1. The highest BCUT2D eigenvalue weighted by Crippen LogP contribution is 2.39. The number of aromatic nitrogens is 4. The third-order valence-corrected chi connectivity index (χ3v) is 7.51. The average Bonchev–Trinajstić information content (AvgIpc) is 3.42. The van der Waals surface area contributed by atoms with Crippen LogP contribution < -0.4 is 4.90 Å². The predicted octanol–water partition coefficient (Wildman–Crippen LogP) is 5.38. The van der Waals surface area contributed by atoms with E-state index < -0.39 is 0 Å². The number of nitrogens with zero attached hydrogens (tertiary/aromatic N) is 6. The van der Waals surface area contributed by atoms with Crippen LogP contribution >= 0.6 is 0 Å². The molecule has 2 fully saturated rings. The zero-order valence-electron chi connectivity index (χ0n) is 23.2. The van der Waals surface area contributed by atoms with Gasteiger partial charge in [-0.2, -0.15) is 9.97 Å². The van der Waals surface area contributed by atoms with E-state index >= 15 is 0 Å². The minimum absolute atomic E-state index is 0.0508. The molecule has 0 unspecified atom stereocenters. The third kappa shape index (κ3) is 6.49. The van der Waals surface area contributed by atoms with Gasteiger partial charge in [0.15, 0.2) is 11.6 Å². The summed E-state index contributed by atoms with van der Waals surface area (Å²) >= 11 is 0. The largest absolute Gasteiger partial charge is 0.339 e. The number of carbonyl (C=O) groups excluding carboxylic acids is 1. The zero-order chi connectivity index (χ0) is 26.7. The number of aryl methyl sites for hydroxylation is 1. The normalized spacial score (nSPS) is 17.2.